The molecule has 0 saturated heterocycles. The zero-order chi connectivity index (χ0) is 20.1. The number of ether oxygens (including phenoxy) is 1. The quantitative estimate of drug-likeness (QED) is 0.472. The van der Waals surface area contributed by atoms with Crippen LogP contribution in [0.15, 0.2) is 60.1 Å². The molecule has 1 atom stereocenters. The highest BCUT2D eigenvalue weighted by molar-refractivity contribution is 7.13. The molecule has 0 bridgehead atoms. The van der Waals surface area contributed by atoms with Crippen molar-refractivity contribution in [3.8, 4) is 16.3 Å². The van der Waals surface area contributed by atoms with Gasteiger partial charge in [-0.05, 0) is 36.6 Å². The fourth-order valence-electron chi connectivity index (χ4n) is 2.61. The number of nitrogens with zero attached hydrogens (tertiary/aromatic N) is 3. The SMILES string of the molecule is C[C@@H](OC(=O)/C=C/c1cn(-c2ccccc2)nc1-c1cccs1)C(=O)N(C)C. The predicted octanol–water partition coefficient (Wildman–Crippen LogP) is 3.63. The van der Waals surface area contributed by atoms with Gasteiger partial charge in [0.2, 0.25) is 0 Å². The molecule has 2 aromatic heterocycles. The van der Waals surface area contributed by atoms with Gasteiger partial charge < -0.3 is 9.64 Å². The highest BCUT2D eigenvalue weighted by atomic mass is 32.1. The minimum Gasteiger partial charge on any atom is -0.449 e. The lowest BCUT2D eigenvalue weighted by Crippen LogP contribution is -2.34. The molecule has 1 aromatic carbocycles. The van der Waals surface area contributed by atoms with Crippen LogP contribution in [0, 0.1) is 0 Å². The summed E-state index contributed by atoms with van der Waals surface area (Å²) in [6.45, 7) is 1.55. The number of carbonyl (C=O) groups excluding carboxylic acids is 2. The second-order valence-electron chi connectivity index (χ2n) is 6.34. The van der Waals surface area contributed by atoms with Crippen molar-refractivity contribution in [2.24, 2.45) is 0 Å². The van der Waals surface area contributed by atoms with Crippen molar-refractivity contribution in [2.45, 2.75) is 13.0 Å². The zero-order valence-electron chi connectivity index (χ0n) is 15.9. The topological polar surface area (TPSA) is 64.4 Å². The maximum absolute atomic E-state index is 12.1. The van der Waals surface area contributed by atoms with E-state index in [2.05, 4.69) is 5.10 Å². The first kappa shape index (κ1) is 19.6. The smallest absolute Gasteiger partial charge is 0.331 e. The number of rotatable bonds is 6. The van der Waals surface area contributed by atoms with Crippen molar-refractivity contribution in [1.82, 2.24) is 14.7 Å². The maximum atomic E-state index is 12.1. The fraction of sp³-hybridized carbons (Fsp3) is 0.190. The lowest BCUT2D eigenvalue weighted by atomic mass is 10.2. The minimum atomic E-state index is -0.837. The minimum absolute atomic E-state index is 0.266. The number of hydrogen-bond acceptors (Lipinski definition) is 5. The van der Waals surface area contributed by atoms with Crippen molar-refractivity contribution in [3.05, 3.63) is 65.7 Å². The number of hydrogen-bond donors (Lipinski definition) is 0. The molecule has 0 unspecified atom stereocenters. The summed E-state index contributed by atoms with van der Waals surface area (Å²) in [6.07, 6.45) is 4.01. The van der Waals surface area contributed by atoms with E-state index in [1.54, 1.807) is 43.1 Å². The van der Waals surface area contributed by atoms with E-state index in [-0.39, 0.29) is 5.91 Å². The summed E-state index contributed by atoms with van der Waals surface area (Å²) in [6, 6.07) is 13.7. The average molecular weight is 395 g/mol. The van der Waals surface area contributed by atoms with Crippen LogP contribution in [0.4, 0.5) is 0 Å². The van der Waals surface area contributed by atoms with Crippen LogP contribution in [0.25, 0.3) is 22.3 Å². The molecule has 3 rings (SSSR count). The van der Waals surface area contributed by atoms with Gasteiger partial charge in [-0.1, -0.05) is 24.3 Å². The van der Waals surface area contributed by atoms with Gasteiger partial charge in [-0.15, -0.1) is 11.3 Å². The number of benzene rings is 1. The first-order chi connectivity index (χ1) is 13.5. The van der Waals surface area contributed by atoms with Gasteiger partial charge in [0, 0.05) is 31.9 Å². The van der Waals surface area contributed by atoms with E-state index in [4.69, 9.17) is 4.74 Å². The Balaban J connectivity index is 1.84. The summed E-state index contributed by atoms with van der Waals surface area (Å²) in [5, 5.41) is 6.66. The van der Waals surface area contributed by atoms with Crippen molar-refractivity contribution in [1.29, 1.82) is 0 Å². The molecule has 0 aliphatic carbocycles. The molecule has 2 heterocycles. The molecular weight excluding hydrogens is 374 g/mol. The van der Waals surface area contributed by atoms with Crippen LogP contribution < -0.4 is 0 Å². The second-order valence-corrected chi connectivity index (χ2v) is 7.28. The Morgan fingerprint density at radius 3 is 2.57 bits per heavy atom. The van der Waals surface area contributed by atoms with Gasteiger partial charge in [0.15, 0.2) is 6.10 Å². The summed E-state index contributed by atoms with van der Waals surface area (Å²) in [7, 11) is 3.24. The average Bonchev–Trinajstić information content (AvgIpc) is 3.35. The molecule has 0 fully saturated rings. The van der Waals surface area contributed by atoms with Crippen molar-refractivity contribution in [2.75, 3.05) is 14.1 Å². The van der Waals surface area contributed by atoms with E-state index in [1.165, 1.54) is 11.0 Å². The molecule has 3 aromatic rings. The number of esters is 1. The van der Waals surface area contributed by atoms with Gasteiger partial charge in [-0.25, -0.2) is 9.48 Å². The van der Waals surface area contributed by atoms with Crippen LogP contribution in [0.3, 0.4) is 0 Å². The fourth-order valence-corrected chi connectivity index (χ4v) is 3.34. The summed E-state index contributed by atoms with van der Waals surface area (Å²) >= 11 is 1.57. The van der Waals surface area contributed by atoms with E-state index in [9.17, 15) is 9.59 Å². The predicted molar refractivity (Wildman–Crippen MR) is 110 cm³/mol. The molecule has 144 valence electrons. The van der Waals surface area contributed by atoms with E-state index >= 15 is 0 Å². The number of aromatic nitrogens is 2. The highest BCUT2D eigenvalue weighted by Gasteiger charge is 2.18. The lowest BCUT2D eigenvalue weighted by Gasteiger charge is -2.16. The normalized spacial score (nSPS) is 12.1. The van der Waals surface area contributed by atoms with Crippen LogP contribution in [0.2, 0.25) is 0 Å². The second kappa shape index (κ2) is 8.67. The number of carbonyl (C=O) groups is 2. The van der Waals surface area contributed by atoms with Crippen molar-refractivity contribution < 1.29 is 14.3 Å². The Labute approximate surface area is 167 Å². The van der Waals surface area contributed by atoms with Crippen molar-refractivity contribution in [3.63, 3.8) is 0 Å². The van der Waals surface area contributed by atoms with Gasteiger partial charge in [0.25, 0.3) is 5.91 Å². The standard InChI is InChI=1S/C21H21N3O3S/c1-15(21(26)23(2)3)27-19(25)12-11-16-14-24(17-8-5-4-6-9-17)22-20(16)18-10-7-13-28-18/h4-15H,1-3H3/b12-11+/t15-/m1/s1. The number of amides is 1. The van der Waals surface area contributed by atoms with Crippen LogP contribution in [0.1, 0.15) is 12.5 Å². The largest absolute Gasteiger partial charge is 0.449 e. The third kappa shape index (κ3) is 4.55. The molecule has 0 aliphatic rings. The van der Waals surface area contributed by atoms with Gasteiger partial charge in [-0.3, -0.25) is 4.79 Å². The van der Waals surface area contributed by atoms with Gasteiger partial charge >= 0.3 is 5.97 Å². The summed E-state index contributed by atoms with van der Waals surface area (Å²) in [4.78, 5) is 26.3. The van der Waals surface area contributed by atoms with Crippen LogP contribution in [0.5, 0.6) is 0 Å². The molecule has 6 nitrogen and oxygen atoms in total. The molecule has 28 heavy (non-hydrogen) atoms. The molecule has 7 heteroatoms. The molecule has 0 aliphatic heterocycles. The van der Waals surface area contributed by atoms with E-state index in [0.717, 1.165) is 21.8 Å². The Kier molecular flexibility index (Phi) is 6.06. The Bertz CT molecular complexity index is 976. The highest BCUT2D eigenvalue weighted by Crippen LogP contribution is 2.28. The van der Waals surface area contributed by atoms with Gasteiger partial charge in [-0.2, -0.15) is 5.10 Å². The van der Waals surface area contributed by atoms with E-state index < -0.39 is 12.1 Å². The summed E-state index contributed by atoms with van der Waals surface area (Å²) in [5.74, 6) is -0.842. The van der Waals surface area contributed by atoms with Gasteiger partial charge in [0.05, 0.1) is 10.6 Å². The molecule has 0 radical (unpaired) electrons. The van der Waals surface area contributed by atoms with Crippen LogP contribution in [-0.2, 0) is 14.3 Å². The molecule has 0 spiro atoms. The van der Waals surface area contributed by atoms with E-state index in [0.29, 0.717) is 0 Å². The zero-order valence-corrected chi connectivity index (χ0v) is 16.7. The molecule has 0 N–H and O–H groups in total. The lowest BCUT2D eigenvalue weighted by molar-refractivity contribution is -0.153. The summed E-state index contributed by atoms with van der Waals surface area (Å²) in [5.41, 5.74) is 2.49. The van der Waals surface area contributed by atoms with Crippen LogP contribution >= 0.6 is 11.3 Å². The molecule has 0 saturated carbocycles. The number of para-hydroxylation sites is 1. The van der Waals surface area contributed by atoms with Gasteiger partial charge in [0.1, 0.15) is 5.69 Å². The Morgan fingerprint density at radius 2 is 1.93 bits per heavy atom. The monoisotopic (exact) mass is 395 g/mol. The van der Waals surface area contributed by atoms with Crippen molar-refractivity contribution >= 4 is 29.3 Å². The third-order valence-electron chi connectivity index (χ3n) is 4.00. The Morgan fingerprint density at radius 1 is 1.18 bits per heavy atom. The molecular formula is C21H21N3O3S. The first-order valence-electron chi connectivity index (χ1n) is 8.74. The van der Waals surface area contributed by atoms with E-state index in [1.807, 2.05) is 54.0 Å². The third-order valence-corrected chi connectivity index (χ3v) is 4.87. The summed E-state index contributed by atoms with van der Waals surface area (Å²) < 4.78 is 6.95. The molecule has 1 amide bonds. The number of thiophene rings is 1. The Hall–Kier alpha value is -3.19. The first-order valence-corrected chi connectivity index (χ1v) is 9.62. The number of likely N-dealkylation sites (N-methyl/N-ethyl adjacent to an activating group) is 1. The maximum Gasteiger partial charge on any atom is 0.331 e. The van der Waals surface area contributed by atoms with Crippen LogP contribution in [-0.4, -0.2) is 46.8 Å².